The van der Waals surface area contributed by atoms with Gasteiger partial charge in [-0.1, -0.05) is 27.7 Å². The third kappa shape index (κ3) is 7.04. The fourth-order valence-electron chi connectivity index (χ4n) is 0.833. The SMILES string of the molecule is CC.CC.Cc1cnn(CC(=O)N(C)C)c1. The second-order valence-electron chi connectivity index (χ2n) is 3.00. The topological polar surface area (TPSA) is 38.1 Å². The predicted octanol–water partition coefficient (Wildman–Crippen LogP) is 2.33. The molecule has 0 aliphatic carbocycles. The van der Waals surface area contributed by atoms with Gasteiger partial charge in [0.2, 0.25) is 5.91 Å². The van der Waals surface area contributed by atoms with E-state index in [1.54, 1.807) is 29.9 Å². The minimum absolute atomic E-state index is 0.0538. The van der Waals surface area contributed by atoms with Crippen LogP contribution in [0.3, 0.4) is 0 Å². The normalized spacial score (nSPS) is 8.19. The van der Waals surface area contributed by atoms with Crippen LogP contribution in [0.1, 0.15) is 33.3 Å². The Kier molecular flexibility index (Phi) is 10.9. The van der Waals surface area contributed by atoms with Crippen LogP contribution in [0.25, 0.3) is 0 Å². The lowest BCUT2D eigenvalue weighted by molar-refractivity contribution is -0.129. The standard InChI is InChI=1S/C8H13N3O.2C2H6/c1-7-4-9-11(5-7)6-8(12)10(2)3;2*1-2/h4-5H,6H2,1-3H3;2*1-2H3. The summed E-state index contributed by atoms with van der Waals surface area (Å²) < 4.78 is 1.64. The average molecular weight is 227 g/mol. The zero-order valence-electron chi connectivity index (χ0n) is 11.6. The van der Waals surface area contributed by atoms with E-state index in [2.05, 4.69) is 5.10 Å². The first kappa shape index (κ1) is 17.1. The molecule has 0 radical (unpaired) electrons. The number of carbonyl (C=O) groups excluding carboxylic acids is 1. The van der Waals surface area contributed by atoms with Crippen LogP contribution in [0, 0.1) is 6.92 Å². The average Bonchev–Trinajstić information content (AvgIpc) is 2.69. The molecule has 1 aromatic rings. The summed E-state index contributed by atoms with van der Waals surface area (Å²) >= 11 is 0. The maximum absolute atomic E-state index is 11.2. The summed E-state index contributed by atoms with van der Waals surface area (Å²) in [5.74, 6) is 0.0538. The molecule has 0 bridgehead atoms. The van der Waals surface area contributed by atoms with E-state index in [-0.39, 0.29) is 5.91 Å². The highest BCUT2D eigenvalue weighted by molar-refractivity contribution is 5.75. The molecule has 0 spiro atoms. The number of rotatable bonds is 2. The first-order valence-electron chi connectivity index (χ1n) is 5.79. The molecule has 1 heterocycles. The van der Waals surface area contributed by atoms with Gasteiger partial charge in [0.05, 0.1) is 6.20 Å². The van der Waals surface area contributed by atoms with E-state index in [0.717, 1.165) is 5.56 Å². The molecule has 1 rings (SSSR count). The second-order valence-corrected chi connectivity index (χ2v) is 3.00. The fraction of sp³-hybridized carbons (Fsp3) is 0.667. The first-order valence-corrected chi connectivity index (χ1v) is 5.79. The maximum Gasteiger partial charge on any atom is 0.243 e. The molecule has 1 aromatic heterocycles. The van der Waals surface area contributed by atoms with Crippen molar-refractivity contribution in [3.8, 4) is 0 Å². The van der Waals surface area contributed by atoms with Crippen LogP contribution < -0.4 is 0 Å². The number of carbonyl (C=O) groups is 1. The molecule has 0 atom stereocenters. The van der Waals surface area contributed by atoms with Crippen molar-refractivity contribution in [3.63, 3.8) is 0 Å². The van der Waals surface area contributed by atoms with Crippen LogP contribution in [0.4, 0.5) is 0 Å². The van der Waals surface area contributed by atoms with E-state index in [0.29, 0.717) is 6.54 Å². The smallest absolute Gasteiger partial charge is 0.243 e. The molecule has 0 aliphatic heterocycles. The van der Waals surface area contributed by atoms with Gasteiger partial charge in [-0.05, 0) is 12.5 Å². The van der Waals surface area contributed by atoms with Crippen LogP contribution in [0.2, 0.25) is 0 Å². The minimum atomic E-state index is 0.0538. The van der Waals surface area contributed by atoms with Crippen molar-refractivity contribution < 1.29 is 4.79 Å². The molecule has 0 aliphatic rings. The fourth-order valence-corrected chi connectivity index (χ4v) is 0.833. The van der Waals surface area contributed by atoms with Crippen LogP contribution >= 0.6 is 0 Å². The molecular formula is C12H25N3O. The molecule has 1 amide bonds. The van der Waals surface area contributed by atoms with Crippen molar-refractivity contribution in [2.75, 3.05) is 14.1 Å². The zero-order chi connectivity index (χ0) is 13.1. The van der Waals surface area contributed by atoms with Gasteiger partial charge in [-0.2, -0.15) is 5.10 Å². The Bertz CT molecular complexity index is 280. The molecule has 4 heteroatoms. The van der Waals surface area contributed by atoms with Gasteiger partial charge in [-0.15, -0.1) is 0 Å². The first-order chi connectivity index (χ1) is 7.59. The molecule has 0 unspecified atom stereocenters. The molecule has 0 fully saturated rings. The lowest BCUT2D eigenvalue weighted by Gasteiger charge is -2.09. The molecule has 94 valence electrons. The quantitative estimate of drug-likeness (QED) is 0.777. The third-order valence-corrected chi connectivity index (χ3v) is 1.56. The number of hydrogen-bond acceptors (Lipinski definition) is 2. The van der Waals surface area contributed by atoms with Crippen molar-refractivity contribution in [2.45, 2.75) is 41.2 Å². The Morgan fingerprint density at radius 1 is 1.31 bits per heavy atom. The number of aryl methyl sites for hydroxylation is 1. The monoisotopic (exact) mass is 227 g/mol. The summed E-state index contributed by atoms with van der Waals surface area (Å²) in [4.78, 5) is 12.7. The van der Waals surface area contributed by atoms with Crippen LogP contribution in [-0.2, 0) is 11.3 Å². The predicted molar refractivity (Wildman–Crippen MR) is 68.4 cm³/mol. The van der Waals surface area contributed by atoms with E-state index >= 15 is 0 Å². The lowest BCUT2D eigenvalue weighted by Crippen LogP contribution is -2.26. The van der Waals surface area contributed by atoms with Gasteiger partial charge in [0.15, 0.2) is 0 Å². The Labute approximate surface area is 99.3 Å². The van der Waals surface area contributed by atoms with Crippen molar-refractivity contribution in [3.05, 3.63) is 18.0 Å². The van der Waals surface area contributed by atoms with Gasteiger partial charge in [-0.25, -0.2) is 0 Å². The van der Waals surface area contributed by atoms with Gasteiger partial charge in [0.25, 0.3) is 0 Å². The molecule has 4 nitrogen and oxygen atoms in total. The number of aromatic nitrogens is 2. The Balaban J connectivity index is 0. The van der Waals surface area contributed by atoms with Crippen LogP contribution in [-0.4, -0.2) is 34.7 Å². The maximum atomic E-state index is 11.2. The van der Waals surface area contributed by atoms with Gasteiger partial charge >= 0.3 is 0 Å². The minimum Gasteiger partial charge on any atom is -0.347 e. The summed E-state index contributed by atoms with van der Waals surface area (Å²) in [5.41, 5.74) is 1.07. The van der Waals surface area contributed by atoms with E-state index in [4.69, 9.17) is 0 Å². The van der Waals surface area contributed by atoms with Crippen molar-refractivity contribution >= 4 is 5.91 Å². The van der Waals surface area contributed by atoms with Crippen LogP contribution in [0.15, 0.2) is 12.4 Å². The molecule has 16 heavy (non-hydrogen) atoms. The third-order valence-electron chi connectivity index (χ3n) is 1.56. The Morgan fingerprint density at radius 3 is 2.12 bits per heavy atom. The van der Waals surface area contributed by atoms with E-state index in [9.17, 15) is 4.79 Å². The number of hydrogen-bond donors (Lipinski definition) is 0. The Morgan fingerprint density at radius 2 is 1.81 bits per heavy atom. The summed E-state index contributed by atoms with van der Waals surface area (Å²) in [5, 5.41) is 4.01. The summed E-state index contributed by atoms with van der Waals surface area (Å²) in [6.07, 6.45) is 3.59. The van der Waals surface area contributed by atoms with Gasteiger partial charge < -0.3 is 4.90 Å². The van der Waals surface area contributed by atoms with Crippen molar-refractivity contribution in [2.24, 2.45) is 0 Å². The lowest BCUT2D eigenvalue weighted by atomic mass is 10.4. The highest BCUT2D eigenvalue weighted by Crippen LogP contribution is 1.94. The van der Waals surface area contributed by atoms with Crippen molar-refractivity contribution in [1.29, 1.82) is 0 Å². The molecule has 0 saturated carbocycles. The zero-order valence-corrected chi connectivity index (χ0v) is 11.6. The molecular weight excluding hydrogens is 202 g/mol. The highest BCUT2D eigenvalue weighted by Gasteiger charge is 2.04. The number of nitrogens with zero attached hydrogens (tertiary/aromatic N) is 3. The van der Waals surface area contributed by atoms with Gasteiger partial charge in [-0.3, -0.25) is 9.48 Å². The summed E-state index contributed by atoms with van der Waals surface area (Å²) in [6.45, 7) is 10.3. The summed E-state index contributed by atoms with van der Waals surface area (Å²) in [7, 11) is 3.47. The van der Waals surface area contributed by atoms with Gasteiger partial charge in [0, 0.05) is 20.3 Å². The molecule has 0 saturated heterocycles. The molecule has 0 aromatic carbocycles. The van der Waals surface area contributed by atoms with Crippen LogP contribution in [0.5, 0.6) is 0 Å². The number of likely N-dealkylation sites (N-methyl/N-ethyl adjacent to an activating group) is 1. The van der Waals surface area contributed by atoms with Gasteiger partial charge in [0.1, 0.15) is 6.54 Å². The molecule has 0 N–H and O–H groups in total. The van der Waals surface area contributed by atoms with Crippen molar-refractivity contribution in [1.82, 2.24) is 14.7 Å². The second kappa shape index (κ2) is 10.2. The van der Waals surface area contributed by atoms with E-state index < -0.39 is 0 Å². The largest absolute Gasteiger partial charge is 0.347 e. The summed E-state index contributed by atoms with van der Waals surface area (Å²) in [6, 6.07) is 0. The van der Waals surface area contributed by atoms with E-state index in [1.165, 1.54) is 0 Å². The highest BCUT2D eigenvalue weighted by atomic mass is 16.2. The Hall–Kier alpha value is -1.32. The number of amides is 1. The van der Waals surface area contributed by atoms with E-state index in [1.807, 2.05) is 40.8 Å².